The average molecular weight is 329 g/mol. The highest BCUT2D eigenvalue weighted by Gasteiger charge is 2.16. The molecular formula is C14H33ClN2O4. The first-order valence-corrected chi connectivity index (χ1v) is 7.70. The van der Waals surface area contributed by atoms with E-state index < -0.39 is 6.04 Å². The summed E-state index contributed by atoms with van der Waals surface area (Å²) in [6.45, 7) is 10.9. The van der Waals surface area contributed by atoms with Crippen molar-refractivity contribution in [2.75, 3.05) is 60.0 Å². The van der Waals surface area contributed by atoms with E-state index in [9.17, 15) is 4.79 Å². The number of esters is 1. The summed E-state index contributed by atoms with van der Waals surface area (Å²) in [6, 6.07) is -0.404. The summed E-state index contributed by atoms with van der Waals surface area (Å²) < 4.78 is 9.58. The first-order chi connectivity index (χ1) is 10.1. The molecule has 0 aliphatic carbocycles. The second-order valence-electron chi connectivity index (χ2n) is 3.75. The zero-order valence-corrected chi connectivity index (χ0v) is 15.1. The molecule has 0 aliphatic rings. The van der Waals surface area contributed by atoms with Crippen molar-refractivity contribution >= 4 is 17.6 Å². The largest absolute Gasteiger partial charge is 0.468 e. The Morgan fingerprint density at radius 2 is 1.71 bits per heavy atom. The van der Waals surface area contributed by atoms with Gasteiger partial charge in [-0.2, -0.15) is 0 Å². The lowest BCUT2D eigenvalue weighted by Crippen LogP contribution is -2.39. The second-order valence-corrected chi connectivity index (χ2v) is 4.13. The molecule has 0 aliphatic heterocycles. The van der Waals surface area contributed by atoms with E-state index in [0.29, 0.717) is 12.5 Å². The van der Waals surface area contributed by atoms with Gasteiger partial charge in [0, 0.05) is 13.0 Å². The molecule has 1 atom stereocenters. The number of aliphatic hydroxyl groups excluding tert-OH is 1. The zero-order chi connectivity index (χ0) is 17.1. The highest BCUT2D eigenvalue weighted by Crippen LogP contribution is 1.89. The van der Waals surface area contributed by atoms with E-state index in [1.165, 1.54) is 26.7 Å². The van der Waals surface area contributed by atoms with E-state index >= 15 is 0 Å². The van der Waals surface area contributed by atoms with E-state index in [1.54, 1.807) is 7.05 Å². The maximum atomic E-state index is 10.9. The van der Waals surface area contributed by atoms with Crippen LogP contribution >= 0.6 is 11.6 Å². The number of methoxy groups -OCH3 is 1. The molecule has 0 rings (SSSR count). The minimum atomic E-state index is -0.404. The fourth-order valence-electron chi connectivity index (χ4n) is 1.34. The molecule has 0 amide bonds. The Labute approximate surface area is 134 Å². The number of carbonyl (C=O) groups is 1. The fourth-order valence-corrected chi connectivity index (χ4v) is 1.45. The van der Waals surface area contributed by atoms with Crippen LogP contribution in [0.5, 0.6) is 0 Å². The summed E-state index contributed by atoms with van der Waals surface area (Å²) in [7, 11) is 4.01. The van der Waals surface area contributed by atoms with Crippen LogP contribution in [0.4, 0.5) is 0 Å². The molecule has 0 saturated carbocycles. The van der Waals surface area contributed by atoms with Crippen molar-refractivity contribution in [2.45, 2.75) is 26.8 Å². The van der Waals surface area contributed by atoms with E-state index in [-0.39, 0.29) is 12.6 Å². The topological polar surface area (TPSA) is 71.0 Å². The number of halogens is 1. The maximum Gasteiger partial charge on any atom is 0.325 e. The number of hydrogen-bond acceptors (Lipinski definition) is 6. The molecule has 0 spiro atoms. The summed E-state index contributed by atoms with van der Waals surface area (Å²) in [5.41, 5.74) is 0. The minimum Gasteiger partial charge on any atom is -0.468 e. The monoisotopic (exact) mass is 328 g/mol. The lowest BCUT2D eigenvalue weighted by atomic mass is 10.3. The fraction of sp³-hybridized carbons (Fsp3) is 0.929. The van der Waals surface area contributed by atoms with E-state index in [0.717, 1.165) is 7.11 Å². The van der Waals surface area contributed by atoms with Gasteiger partial charge >= 0.3 is 5.97 Å². The number of nitrogens with one attached hydrogen (secondary N) is 1. The number of nitrogens with zero attached hydrogens (tertiary/aromatic N) is 1. The molecule has 0 fully saturated rings. The number of likely N-dealkylation sites (N-methyl/N-ethyl adjacent to an activating group) is 1. The SMILES string of the molecule is CCN(CC)CC.CNC(COCCCl)C(=O)OC.CO. The molecule has 21 heavy (non-hydrogen) atoms. The van der Waals surface area contributed by atoms with Gasteiger partial charge in [-0.15, -0.1) is 11.6 Å². The predicted molar refractivity (Wildman–Crippen MR) is 88.0 cm³/mol. The molecule has 0 aromatic heterocycles. The molecule has 0 heterocycles. The number of rotatable bonds is 9. The van der Waals surface area contributed by atoms with Gasteiger partial charge in [-0.05, 0) is 26.7 Å². The summed E-state index contributed by atoms with van der Waals surface area (Å²) in [4.78, 5) is 13.3. The van der Waals surface area contributed by atoms with Crippen molar-refractivity contribution in [1.29, 1.82) is 0 Å². The molecular weight excluding hydrogens is 296 g/mol. The lowest BCUT2D eigenvalue weighted by Gasteiger charge is -2.13. The van der Waals surface area contributed by atoms with Crippen LogP contribution in [0.3, 0.4) is 0 Å². The van der Waals surface area contributed by atoms with Gasteiger partial charge in [-0.3, -0.25) is 4.79 Å². The van der Waals surface area contributed by atoms with Crippen molar-refractivity contribution in [3.63, 3.8) is 0 Å². The quantitative estimate of drug-likeness (QED) is 0.373. The van der Waals surface area contributed by atoms with Gasteiger partial charge in [0.2, 0.25) is 0 Å². The van der Waals surface area contributed by atoms with Crippen molar-refractivity contribution in [2.24, 2.45) is 0 Å². The molecule has 7 heteroatoms. The van der Waals surface area contributed by atoms with Gasteiger partial charge in [0.1, 0.15) is 6.04 Å². The Morgan fingerprint density at radius 3 is 1.95 bits per heavy atom. The molecule has 0 radical (unpaired) electrons. The molecule has 6 nitrogen and oxygen atoms in total. The van der Waals surface area contributed by atoms with Crippen LogP contribution in [0.2, 0.25) is 0 Å². The van der Waals surface area contributed by atoms with Gasteiger partial charge in [0.05, 0.1) is 20.3 Å². The number of ether oxygens (including phenoxy) is 2. The predicted octanol–water partition coefficient (Wildman–Crippen LogP) is 0.959. The molecule has 2 N–H and O–H groups in total. The Hall–Kier alpha value is -0.400. The number of aliphatic hydroxyl groups is 1. The summed E-state index contributed by atoms with van der Waals surface area (Å²) >= 11 is 5.38. The minimum absolute atomic E-state index is 0.288. The third-order valence-corrected chi connectivity index (χ3v) is 2.84. The van der Waals surface area contributed by atoms with Crippen LogP contribution in [0.1, 0.15) is 20.8 Å². The van der Waals surface area contributed by atoms with Crippen molar-refractivity contribution in [3.05, 3.63) is 0 Å². The highest BCUT2D eigenvalue weighted by atomic mass is 35.5. The third kappa shape index (κ3) is 17.5. The van der Waals surface area contributed by atoms with Crippen LogP contribution in [0.15, 0.2) is 0 Å². The highest BCUT2D eigenvalue weighted by molar-refractivity contribution is 6.17. The van der Waals surface area contributed by atoms with Crippen LogP contribution in [0.25, 0.3) is 0 Å². The summed E-state index contributed by atoms with van der Waals surface area (Å²) in [6.07, 6.45) is 0. The van der Waals surface area contributed by atoms with Crippen LogP contribution in [0, 0.1) is 0 Å². The van der Waals surface area contributed by atoms with Crippen LogP contribution < -0.4 is 5.32 Å². The summed E-state index contributed by atoms with van der Waals surface area (Å²) in [5.74, 6) is 0.101. The molecule has 1 unspecified atom stereocenters. The van der Waals surface area contributed by atoms with Crippen LogP contribution in [-0.4, -0.2) is 82.0 Å². The number of hydrogen-bond donors (Lipinski definition) is 2. The Balaban J connectivity index is -0.000000307. The van der Waals surface area contributed by atoms with E-state index in [1.807, 2.05) is 0 Å². The Bertz CT molecular complexity index is 200. The first-order valence-electron chi connectivity index (χ1n) is 7.16. The second kappa shape index (κ2) is 21.9. The van der Waals surface area contributed by atoms with Crippen LogP contribution in [-0.2, 0) is 14.3 Å². The van der Waals surface area contributed by atoms with Gasteiger partial charge in [-0.1, -0.05) is 20.8 Å². The molecule has 0 aromatic carbocycles. The lowest BCUT2D eigenvalue weighted by molar-refractivity contribution is -0.144. The van der Waals surface area contributed by atoms with Crippen molar-refractivity contribution in [1.82, 2.24) is 10.2 Å². The normalized spacial score (nSPS) is 10.9. The zero-order valence-electron chi connectivity index (χ0n) is 14.3. The Morgan fingerprint density at radius 1 is 1.24 bits per heavy atom. The summed E-state index contributed by atoms with van der Waals surface area (Å²) in [5, 5.41) is 9.77. The molecule has 0 aromatic rings. The molecule has 0 bridgehead atoms. The van der Waals surface area contributed by atoms with Crippen molar-refractivity contribution < 1.29 is 19.4 Å². The smallest absolute Gasteiger partial charge is 0.325 e. The third-order valence-electron chi connectivity index (χ3n) is 2.68. The number of carbonyl (C=O) groups excluding carboxylic acids is 1. The number of alkyl halides is 1. The van der Waals surface area contributed by atoms with E-state index in [2.05, 4.69) is 35.7 Å². The van der Waals surface area contributed by atoms with E-state index in [4.69, 9.17) is 21.4 Å². The first kappa shape index (κ1) is 25.5. The van der Waals surface area contributed by atoms with Gasteiger partial charge < -0.3 is 24.8 Å². The Kier molecular flexibility index (Phi) is 26.6. The van der Waals surface area contributed by atoms with Gasteiger partial charge in [0.25, 0.3) is 0 Å². The van der Waals surface area contributed by atoms with Crippen molar-refractivity contribution in [3.8, 4) is 0 Å². The van der Waals surface area contributed by atoms with Gasteiger partial charge in [-0.25, -0.2) is 0 Å². The standard InChI is InChI=1S/C7H14ClNO3.C6H15N.CH4O/c1-9-6(7(10)11-2)5-12-4-3-8;1-4-7(5-2)6-3;1-2/h6,9H,3-5H2,1-2H3;4-6H2,1-3H3;2H,1H3. The molecule has 130 valence electrons. The van der Waals surface area contributed by atoms with Gasteiger partial charge in [0.15, 0.2) is 0 Å². The molecule has 0 saturated heterocycles. The maximum absolute atomic E-state index is 10.9. The average Bonchev–Trinajstić information content (AvgIpc) is 2.55.